The van der Waals surface area contributed by atoms with Crippen LogP contribution in [0.5, 0.6) is 0 Å². The number of carbonyl (C=O) groups excluding carboxylic acids is 1. The van der Waals surface area contributed by atoms with E-state index in [1.54, 1.807) is 4.90 Å². The molecule has 0 N–H and O–H groups in total. The number of aryl methyl sites for hydroxylation is 3. The van der Waals surface area contributed by atoms with Crippen LogP contribution in [0.3, 0.4) is 0 Å². The Morgan fingerprint density at radius 2 is 1.64 bits per heavy atom. The van der Waals surface area contributed by atoms with Crippen LogP contribution in [0.2, 0.25) is 0 Å². The van der Waals surface area contributed by atoms with Crippen molar-refractivity contribution >= 4 is 33.3 Å². The van der Waals surface area contributed by atoms with Crippen molar-refractivity contribution in [3.63, 3.8) is 0 Å². The smallest absolute Gasteiger partial charge is 0.297 e. The van der Waals surface area contributed by atoms with Crippen LogP contribution < -0.4 is 10.3 Å². The van der Waals surface area contributed by atoms with E-state index in [1.165, 1.54) is 16.9 Å². The Morgan fingerprint density at radius 1 is 0.970 bits per heavy atom. The zero-order valence-electron chi connectivity index (χ0n) is 19.5. The predicted octanol–water partition coefficient (Wildman–Crippen LogP) is 5.62. The van der Waals surface area contributed by atoms with Crippen molar-refractivity contribution in [1.82, 2.24) is 10.2 Å². The lowest BCUT2D eigenvalue weighted by Gasteiger charge is -2.24. The summed E-state index contributed by atoms with van der Waals surface area (Å²) in [5.74, 6) is -0.295. The highest BCUT2D eigenvalue weighted by molar-refractivity contribution is 7.15. The first-order chi connectivity index (χ1) is 15.6. The first-order valence-electron chi connectivity index (χ1n) is 10.9. The number of fused-ring (bicyclic) bond motifs is 2. The number of amides is 1. The van der Waals surface area contributed by atoms with Gasteiger partial charge in [0.1, 0.15) is 10.6 Å². The number of carbonyl (C=O) groups is 1. The van der Waals surface area contributed by atoms with E-state index in [1.807, 2.05) is 45.0 Å². The van der Waals surface area contributed by atoms with Gasteiger partial charge in [-0.2, -0.15) is 0 Å². The molecule has 0 spiro atoms. The van der Waals surface area contributed by atoms with Crippen molar-refractivity contribution in [3.8, 4) is 0 Å². The van der Waals surface area contributed by atoms with Gasteiger partial charge in [-0.05, 0) is 60.6 Å². The minimum atomic E-state index is -0.629. The van der Waals surface area contributed by atoms with Gasteiger partial charge in [0, 0.05) is 0 Å². The molecule has 0 saturated heterocycles. The van der Waals surface area contributed by atoms with Crippen molar-refractivity contribution in [2.45, 2.75) is 53.0 Å². The van der Waals surface area contributed by atoms with Gasteiger partial charge < -0.3 is 4.42 Å². The average molecular weight is 460 g/mol. The van der Waals surface area contributed by atoms with Crippen molar-refractivity contribution < 1.29 is 9.21 Å². The molecule has 33 heavy (non-hydrogen) atoms. The molecule has 4 aromatic rings. The Balaban J connectivity index is 1.78. The summed E-state index contributed by atoms with van der Waals surface area (Å²) >= 11 is 1.32. The van der Waals surface area contributed by atoms with E-state index in [0.717, 1.165) is 21.7 Å². The van der Waals surface area contributed by atoms with E-state index >= 15 is 0 Å². The van der Waals surface area contributed by atoms with E-state index in [4.69, 9.17) is 4.42 Å². The molecule has 1 atom stereocenters. The number of nitrogens with zero attached hydrogens (tertiary/aromatic N) is 3. The Hall–Kier alpha value is -3.32. The molecule has 168 valence electrons. The summed E-state index contributed by atoms with van der Waals surface area (Å²) in [7, 11) is 0. The van der Waals surface area contributed by atoms with Gasteiger partial charge in [-0.3, -0.25) is 14.5 Å². The van der Waals surface area contributed by atoms with E-state index in [2.05, 4.69) is 43.1 Å². The van der Waals surface area contributed by atoms with Crippen LogP contribution in [-0.2, 0) is 5.41 Å². The molecular formula is C26H25N3O3S. The van der Waals surface area contributed by atoms with E-state index in [9.17, 15) is 9.59 Å². The Kier molecular flexibility index (Phi) is 4.79. The van der Waals surface area contributed by atoms with Gasteiger partial charge in [-0.15, -0.1) is 10.2 Å². The lowest BCUT2D eigenvalue weighted by atomic mass is 9.86. The summed E-state index contributed by atoms with van der Waals surface area (Å²) in [5.41, 5.74) is 4.59. The number of anilines is 1. The molecule has 0 aliphatic carbocycles. The SMILES string of the molecule is Cc1nnc(N2C(=O)c3oc4cc(C)c(C)cc4c(=O)c3C2c2ccc(C(C)(C)C)cc2)s1. The number of rotatable bonds is 2. The normalized spacial score (nSPS) is 16.0. The largest absolute Gasteiger partial charge is 0.450 e. The summed E-state index contributed by atoms with van der Waals surface area (Å²) < 4.78 is 6.09. The fourth-order valence-electron chi connectivity index (χ4n) is 4.29. The molecule has 3 heterocycles. The van der Waals surface area contributed by atoms with Crippen LogP contribution in [0.25, 0.3) is 11.0 Å². The molecule has 0 bridgehead atoms. The first kappa shape index (κ1) is 21.5. The summed E-state index contributed by atoms with van der Waals surface area (Å²) in [6.45, 7) is 12.2. The third-order valence-electron chi connectivity index (χ3n) is 6.30. The van der Waals surface area contributed by atoms with Crippen LogP contribution in [-0.4, -0.2) is 16.1 Å². The fourth-order valence-corrected chi connectivity index (χ4v) is 5.00. The van der Waals surface area contributed by atoms with Crippen LogP contribution in [0.1, 0.15) is 70.2 Å². The highest BCUT2D eigenvalue weighted by atomic mass is 32.1. The Labute approximate surface area is 195 Å². The maximum absolute atomic E-state index is 13.7. The Morgan fingerprint density at radius 3 is 2.24 bits per heavy atom. The van der Waals surface area contributed by atoms with Crippen molar-refractivity contribution in [3.05, 3.63) is 85.2 Å². The third-order valence-corrected chi connectivity index (χ3v) is 7.14. The minimum absolute atomic E-state index is 0.0113. The summed E-state index contributed by atoms with van der Waals surface area (Å²) in [5, 5.41) is 9.99. The molecule has 6 nitrogen and oxygen atoms in total. The van der Waals surface area contributed by atoms with Gasteiger partial charge in [0.25, 0.3) is 5.91 Å². The molecule has 1 aliphatic heterocycles. The number of benzene rings is 2. The third kappa shape index (κ3) is 3.38. The Bertz CT molecular complexity index is 1480. The van der Waals surface area contributed by atoms with Gasteiger partial charge in [0.15, 0.2) is 5.43 Å². The molecular weight excluding hydrogens is 434 g/mol. The van der Waals surface area contributed by atoms with E-state index < -0.39 is 6.04 Å². The van der Waals surface area contributed by atoms with Gasteiger partial charge in [0.2, 0.25) is 10.9 Å². The maximum Gasteiger partial charge on any atom is 0.297 e. The molecule has 0 radical (unpaired) electrons. The van der Waals surface area contributed by atoms with Crippen molar-refractivity contribution in [2.24, 2.45) is 0 Å². The number of aromatic nitrogens is 2. The predicted molar refractivity (Wildman–Crippen MR) is 130 cm³/mol. The van der Waals surface area contributed by atoms with E-state index in [0.29, 0.717) is 21.7 Å². The zero-order chi connectivity index (χ0) is 23.7. The topological polar surface area (TPSA) is 76.3 Å². The second kappa shape index (κ2) is 7.35. The zero-order valence-corrected chi connectivity index (χ0v) is 20.3. The first-order valence-corrected chi connectivity index (χ1v) is 11.7. The summed E-state index contributed by atoms with van der Waals surface area (Å²) in [4.78, 5) is 28.9. The summed E-state index contributed by atoms with van der Waals surface area (Å²) in [6.07, 6.45) is 0. The molecule has 0 fully saturated rings. The molecule has 1 amide bonds. The van der Waals surface area contributed by atoms with Gasteiger partial charge in [-0.25, -0.2) is 0 Å². The monoisotopic (exact) mass is 459 g/mol. The van der Waals surface area contributed by atoms with Crippen LogP contribution in [0.15, 0.2) is 45.6 Å². The molecule has 2 aromatic carbocycles. The molecule has 5 rings (SSSR count). The van der Waals surface area contributed by atoms with Crippen molar-refractivity contribution in [2.75, 3.05) is 4.90 Å². The molecule has 1 unspecified atom stereocenters. The van der Waals surface area contributed by atoms with Crippen LogP contribution in [0.4, 0.5) is 5.13 Å². The molecule has 1 aliphatic rings. The van der Waals surface area contributed by atoms with E-state index in [-0.39, 0.29) is 22.5 Å². The quantitative estimate of drug-likeness (QED) is 0.389. The number of hydrogen-bond acceptors (Lipinski definition) is 6. The minimum Gasteiger partial charge on any atom is -0.450 e. The number of hydrogen-bond donors (Lipinski definition) is 0. The standard InChI is InChI=1S/C26H25N3O3S/c1-13-11-18-19(12-14(13)2)32-23-20(22(18)30)21(16-7-9-17(10-8-16)26(4,5)6)29(24(23)31)25-28-27-15(3)33-25/h7-12,21H,1-6H3. The van der Waals surface area contributed by atoms with Gasteiger partial charge in [-0.1, -0.05) is 56.4 Å². The molecule has 7 heteroatoms. The average Bonchev–Trinajstić information content (AvgIpc) is 3.30. The summed E-state index contributed by atoms with van der Waals surface area (Å²) in [6, 6.07) is 11.1. The molecule has 0 saturated carbocycles. The lowest BCUT2D eigenvalue weighted by Crippen LogP contribution is -2.29. The van der Waals surface area contributed by atoms with Crippen LogP contribution >= 0.6 is 11.3 Å². The second-order valence-corrected chi connectivity index (χ2v) is 10.8. The highest BCUT2D eigenvalue weighted by Crippen LogP contribution is 2.42. The maximum atomic E-state index is 13.7. The van der Waals surface area contributed by atoms with Crippen molar-refractivity contribution in [1.29, 1.82) is 0 Å². The highest BCUT2D eigenvalue weighted by Gasteiger charge is 2.45. The van der Waals surface area contributed by atoms with Gasteiger partial charge in [0.05, 0.1) is 17.0 Å². The molecule has 2 aromatic heterocycles. The second-order valence-electron chi connectivity index (χ2n) is 9.66. The lowest BCUT2D eigenvalue weighted by molar-refractivity contribution is 0.0970. The fraction of sp³-hybridized carbons (Fsp3) is 0.308. The van der Waals surface area contributed by atoms with Gasteiger partial charge >= 0.3 is 0 Å². The van der Waals surface area contributed by atoms with Crippen LogP contribution in [0, 0.1) is 20.8 Å².